The van der Waals surface area contributed by atoms with Crippen LogP contribution in [0.3, 0.4) is 0 Å². The highest BCUT2D eigenvalue weighted by atomic mass is 35.5. The molecule has 0 aliphatic heterocycles. The van der Waals surface area contributed by atoms with Gasteiger partial charge in [-0.05, 0) is 36.5 Å². The van der Waals surface area contributed by atoms with Gasteiger partial charge in [0.15, 0.2) is 0 Å². The second kappa shape index (κ2) is 4.54. The molecule has 1 aromatic rings. The summed E-state index contributed by atoms with van der Waals surface area (Å²) in [6.45, 7) is 4.51. The van der Waals surface area contributed by atoms with Crippen LogP contribution < -0.4 is 5.32 Å². The van der Waals surface area contributed by atoms with E-state index in [-0.39, 0.29) is 0 Å². The Morgan fingerprint density at radius 3 is 2.80 bits per heavy atom. The van der Waals surface area contributed by atoms with Crippen LogP contribution in [-0.4, -0.2) is 6.04 Å². The summed E-state index contributed by atoms with van der Waals surface area (Å²) in [7, 11) is 0. The maximum atomic E-state index is 6.00. The second-order valence-electron chi connectivity index (χ2n) is 4.50. The molecule has 1 fully saturated rings. The fourth-order valence-electron chi connectivity index (χ4n) is 1.99. The first-order valence-corrected chi connectivity index (χ1v) is 6.10. The summed E-state index contributed by atoms with van der Waals surface area (Å²) in [6.07, 6.45) is 2.43. The maximum Gasteiger partial charge on any atom is 0.0409 e. The van der Waals surface area contributed by atoms with Crippen molar-refractivity contribution in [1.29, 1.82) is 0 Å². The van der Waals surface area contributed by atoms with Crippen LogP contribution in [0.5, 0.6) is 0 Å². The van der Waals surface area contributed by atoms with Crippen LogP contribution in [0.25, 0.3) is 0 Å². The highest BCUT2D eigenvalue weighted by Crippen LogP contribution is 2.32. The molecule has 0 radical (unpaired) electrons. The molecule has 1 N–H and O–H groups in total. The monoisotopic (exact) mass is 223 g/mol. The van der Waals surface area contributed by atoms with Gasteiger partial charge < -0.3 is 5.32 Å². The molecule has 0 saturated heterocycles. The van der Waals surface area contributed by atoms with Crippen molar-refractivity contribution in [2.45, 2.75) is 38.8 Å². The van der Waals surface area contributed by atoms with Crippen molar-refractivity contribution in [1.82, 2.24) is 5.32 Å². The summed E-state index contributed by atoms with van der Waals surface area (Å²) in [5.74, 6) is 0.846. The molecule has 2 rings (SSSR count). The summed E-state index contributed by atoms with van der Waals surface area (Å²) in [5.41, 5.74) is 1.31. The molecule has 1 aromatic carbocycles. The van der Waals surface area contributed by atoms with Crippen molar-refractivity contribution >= 4 is 11.6 Å². The Morgan fingerprint density at radius 2 is 2.27 bits per heavy atom. The second-order valence-corrected chi connectivity index (χ2v) is 4.94. The molecule has 1 aliphatic rings. The molecule has 1 saturated carbocycles. The number of hydrogen-bond donors (Lipinski definition) is 1. The van der Waals surface area contributed by atoms with E-state index in [4.69, 9.17) is 11.6 Å². The number of hydrogen-bond acceptors (Lipinski definition) is 1. The van der Waals surface area contributed by atoms with Gasteiger partial charge in [-0.25, -0.2) is 0 Å². The minimum atomic E-state index is 0.457. The number of nitrogens with one attached hydrogen (secondary N) is 1. The zero-order valence-corrected chi connectivity index (χ0v) is 10.1. The Hall–Kier alpha value is -0.530. The van der Waals surface area contributed by atoms with Gasteiger partial charge in [-0.15, -0.1) is 0 Å². The first kappa shape index (κ1) is 11.0. The van der Waals surface area contributed by atoms with Crippen molar-refractivity contribution in [2.75, 3.05) is 0 Å². The lowest BCUT2D eigenvalue weighted by atomic mass is 10.0. The van der Waals surface area contributed by atoms with Crippen LogP contribution in [0.2, 0.25) is 5.02 Å². The van der Waals surface area contributed by atoms with E-state index >= 15 is 0 Å². The summed E-state index contributed by atoms with van der Waals surface area (Å²) in [5, 5.41) is 4.51. The predicted octanol–water partition coefficient (Wildman–Crippen LogP) is 3.79. The summed E-state index contributed by atoms with van der Waals surface area (Å²) < 4.78 is 0. The summed E-state index contributed by atoms with van der Waals surface area (Å²) in [4.78, 5) is 0. The van der Waals surface area contributed by atoms with Crippen molar-refractivity contribution < 1.29 is 0 Å². The molecule has 0 spiro atoms. The lowest BCUT2D eigenvalue weighted by Crippen LogP contribution is -2.23. The van der Waals surface area contributed by atoms with Crippen LogP contribution in [-0.2, 0) is 0 Å². The smallest absolute Gasteiger partial charge is 0.0409 e. The van der Waals surface area contributed by atoms with Crippen LogP contribution in [0.4, 0.5) is 0 Å². The van der Waals surface area contributed by atoms with Gasteiger partial charge in [0.1, 0.15) is 0 Å². The molecule has 0 heterocycles. The summed E-state index contributed by atoms with van der Waals surface area (Å²) >= 11 is 6.00. The molecule has 3 unspecified atom stereocenters. The predicted molar refractivity (Wildman–Crippen MR) is 65.2 cm³/mol. The standard InChI is InChI=1S/C13H18ClN/c1-3-12(15-13-7-9(13)2)10-5-4-6-11(14)8-10/h4-6,8-9,12-13,15H,3,7H2,1-2H3. The van der Waals surface area contributed by atoms with E-state index in [9.17, 15) is 0 Å². The van der Waals surface area contributed by atoms with Crippen LogP contribution in [0, 0.1) is 5.92 Å². The van der Waals surface area contributed by atoms with Gasteiger partial charge in [0, 0.05) is 17.1 Å². The lowest BCUT2D eigenvalue weighted by Gasteiger charge is -2.17. The van der Waals surface area contributed by atoms with Crippen molar-refractivity contribution in [3.63, 3.8) is 0 Å². The third-order valence-corrected chi connectivity index (χ3v) is 3.42. The fourth-order valence-corrected chi connectivity index (χ4v) is 2.18. The van der Waals surface area contributed by atoms with E-state index in [2.05, 4.69) is 31.3 Å². The average molecular weight is 224 g/mol. The van der Waals surface area contributed by atoms with Crippen molar-refractivity contribution in [3.8, 4) is 0 Å². The minimum Gasteiger partial charge on any atom is -0.307 e. The molecule has 1 aliphatic carbocycles. The molecule has 2 heteroatoms. The highest BCUT2D eigenvalue weighted by molar-refractivity contribution is 6.30. The number of halogens is 1. The molecule has 3 atom stereocenters. The number of rotatable bonds is 4. The van der Waals surface area contributed by atoms with E-state index in [0.717, 1.165) is 17.4 Å². The van der Waals surface area contributed by atoms with Gasteiger partial charge in [0.05, 0.1) is 0 Å². The zero-order chi connectivity index (χ0) is 10.8. The van der Waals surface area contributed by atoms with Gasteiger partial charge in [0.25, 0.3) is 0 Å². The van der Waals surface area contributed by atoms with Crippen molar-refractivity contribution in [3.05, 3.63) is 34.9 Å². The molecule has 0 aromatic heterocycles. The van der Waals surface area contributed by atoms with Gasteiger partial charge in [-0.1, -0.05) is 37.6 Å². The third kappa shape index (κ3) is 2.73. The first-order chi connectivity index (χ1) is 7.20. The maximum absolute atomic E-state index is 6.00. The minimum absolute atomic E-state index is 0.457. The quantitative estimate of drug-likeness (QED) is 0.819. The SMILES string of the molecule is CCC(NC1CC1C)c1cccc(Cl)c1. The Labute approximate surface area is 96.8 Å². The Balaban J connectivity index is 2.05. The van der Waals surface area contributed by atoms with E-state index in [1.54, 1.807) is 0 Å². The van der Waals surface area contributed by atoms with Gasteiger partial charge in [0.2, 0.25) is 0 Å². The third-order valence-electron chi connectivity index (χ3n) is 3.18. The fraction of sp³-hybridized carbons (Fsp3) is 0.538. The summed E-state index contributed by atoms with van der Waals surface area (Å²) in [6, 6.07) is 9.35. The van der Waals surface area contributed by atoms with E-state index in [0.29, 0.717) is 12.1 Å². The van der Waals surface area contributed by atoms with Crippen LogP contribution >= 0.6 is 11.6 Å². The zero-order valence-electron chi connectivity index (χ0n) is 9.33. The van der Waals surface area contributed by atoms with E-state index < -0.39 is 0 Å². The molecule has 15 heavy (non-hydrogen) atoms. The largest absolute Gasteiger partial charge is 0.307 e. The Bertz CT molecular complexity index is 337. The molecule has 0 amide bonds. The molecule has 0 bridgehead atoms. The van der Waals surface area contributed by atoms with E-state index in [1.165, 1.54) is 12.0 Å². The topological polar surface area (TPSA) is 12.0 Å². The highest BCUT2D eigenvalue weighted by Gasteiger charge is 2.33. The average Bonchev–Trinajstić information content (AvgIpc) is 2.91. The molecular formula is C13H18ClN. The Kier molecular flexibility index (Phi) is 3.32. The van der Waals surface area contributed by atoms with Gasteiger partial charge in [-0.2, -0.15) is 0 Å². The molecule has 1 nitrogen and oxygen atoms in total. The Morgan fingerprint density at radius 1 is 1.53 bits per heavy atom. The van der Waals surface area contributed by atoms with Gasteiger partial charge in [-0.3, -0.25) is 0 Å². The normalized spacial score (nSPS) is 26.3. The van der Waals surface area contributed by atoms with Gasteiger partial charge >= 0.3 is 0 Å². The molecule has 82 valence electrons. The first-order valence-electron chi connectivity index (χ1n) is 5.72. The van der Waals surface area contributed by atoms with Crippen LogP contribution in [0.15, 0.2) is 24.3 Å². The molecular weight excluding hydrogens is 206 g/mol. The lowest BCUT2D eigenvalue weighted by molar-refractivity contribution is 0.502. The number of benzene rings is 1. The van der Waals surface area contributed by atoms with Crippen LogP contribution in [0.1, 0.15) is 38.3 Å². The van der Waals surface area contributed by atoms with Crippen molar-refractivity contribution in [2.24, 2.45) is 5.92 Å². The van der Waals surface area contributed by atoms with E-state index in [1.807, 2.05) is 12.1 Å².